The van der Waals surface area contributed by atoms with Crippen molar-refractivity contribution in [2.24, 2.45) is 5.73 Å². The number of nitrogen functional groups attached to an aromatic ring is 1. The highest BCUT2D eigenvalue weighted by Gasteiger charge is 2.19. The van der Waals surface area contributed by atoms with Crippen LogP contribution in [-0.2, 0) is 0 Å². The molecule has 0 aliphatic heterocycles. The molecule has 4 N–H and O–H groups in total. The van der Waals surface area contributed by atoms with Gasteiger partial charge in [0.1, 0.15) is 0 Å². The van der Waals surface area contributed by atoms with Crippen molar-refractivity contribution in [1.29, 1.82) is 0 Å². The van der Waals surface area contributed by atoms with Crippen molar-refractivity contribution in [2.45, 2.75) is 6.43 Å². The van der Waals surface area contributed by atoms with E-state index in [-0.39, 0.29) is 11.3 Å². The molecule has 1 aromatic heterocycles. The quantitative estimate of drug-likeness (QED) is 0.714. The lowest BCUT2D eigenvalue weighted by atomic mass is 10.1. The average Bonchev–Trinajstić information content (AvgIpc) is 2.02. The Morgan fingerprint density at radius 2 is 2.08 bits per heavy atom. The number of primary amides is 1. The maximum Gasteiger partial charge on any atom is 0.266 e. The lowest BCUT2D eigenvalue weighted by Gasteiger charge is -2.07. The van der Waals surface area contributed by atoms with Gasteiger partial charge in [-0.05, 0) is 0 Å². The van der Waals surface area contributed by atoms with E-state index in [0.29, 0.717) is 0 Å². The SMILES string of the molecule is NC(=O)c1cncc(N)c1C(F)F. The molecule has 13 heavy (non-hydrogen) atoms. The molecule has 0 saturated carbocycles. The second-order valence-corrected chi connectivity index (χ2v) is 2.35. The number of halogens is 2. The number of hydrogen-bond acceptors (Lipinski definition) is 3. The Labute approximate surface area is 72.6 Å². The first-order valence-corrected chi connectivity index (χ1v) is 3.35. The van der Waals surface area contributed by atoms with E-state index in [0.717, 1.165) is 12.4 Å². The highest BCUT2D eigenvalue weighted by molar-refractivity contribution is 5.95. The highest BCUT2D eigenvalue weighted by atomic mass is 19.3. The molecule has 1 rings (SSSR count). The number of carbonyl (C=O) groups is 1. The summed E-state index contributed by atoms with van der Waals surface area (Å²) in [6.07, 6.45) is -0.806. The van der Waals surface area contributed by atoms with E-state index in [4.69, 9.17) is 11.5 Å². The van der Waals surface area contributed by atoms with Crippen LogP contribution < -0.4 is 11.5 Å². The molecule has 6 heteroatoms. The van der Waals surface area contributed by atoms with Gasteiger partial charge in [0.15, 0.2) is 0 Å². The van der Waals surface area contributed by atoms with E-state index in [9.17, 15) is 13.6 Å². The Kier molecular flexibility index (Phi) is 2.41. The van der Waals surface area contributed by atoms with E-state index in [2.05, 4.69) is 4.98 Å². The molecule has 0 saturated heterocycles. The normalized spacial score (nSPS) is 10.4. The van der Waals surface area contributed by atoms with Crippen LogP contribution in [0.3, 0.4) is 0 Å². The number of nitrogens with two attached hydrogens (primary N) is 2. The van der Waals surface area contributed by atoms with Gasteiger partial charge in [-0.25, -0.2) is 8.78 Å². The number of aromatic nitrogens is 1. The first-order valence-electron chi connectivity index (χ1n) is 3.35. The summed E-state index contributed by atoms with van der Waals surface area (Å²) < 4.78 is 24.7. The molecular weight excluding hydrogens is 180 g/mol. The van der Waals surface area contributed by atoms with E-state index < -0.39 is 17.9 Å². The summed E-state index contributed by atoms with van der Waals surface area (Å²) in [4.78, 5) is 14.2. The molecule has 0 bridgehead atoms. The molecule has 70 valence electrons. The molecule has 0 aromatic carbocycles. The van der Waals surface area contributed by atoms with Crippen molar-refractivity contribution < 1.29 is 13.6 Å². The molecule has 1 amide bonds. The summed E-state index contributed by atoms with van der Waals surface area (Å²) in [7, 11) is 0. The predicted octanol–water partition coefficient (Wildman–Crippen LogP) is 0.700. The number of anilines is 1. The zero-order valence-electron chi connectivity index (χ0n) is 6.50. The van der Waals surface area contributed by atoms with Gasteiger partial charge in [0.25, 0.3) is 12.3 Å². The van der Waals surface area contributed by atoms with Crippen molar-refractivity contribution in [1.82, 2.24) is 4.98 Å². The van der Waals surface area contributed by atoms with Crippen molar-refractivity contribution in [3.63, 3.8) is 0 Å². The fraction of sp³-hybridized carbons (Fsp3) is 0.143. The van der Waals surface area contributed by atoms with Gasteiger partial charge in [-0.1, -0.05) is 0 Å². The molecule has 1 aromatic rings. The number of pyridine rings is 1. The van der Waals surface area contributed by atoms with Crippen LogP contribution in [-0.4, -0.2) is 10.9 Å². The molecule has 0 unspecified atom stereocenters. The monoisotopic (exact) mass is 187 g/mol. The Bertz CT molecular complexity index is 341. The zero-order valence-corrected chi connectivity index (χ0v) is 6.50. The third kappa shape index (κ3) is 1.71. The minimum absolute atomic E-state index is 0.230. The minimum Gasteiger partial charge on any atom is -0.397 e. The van der Waals surface area contributed by atoms with Crippen LogP contribution in [0, 0.1) is 0 Å². The zero-order chi connectivity index (χ0) is 10.0. The number of hydrogen-bond donors (Lipinski definition) is 2. The largest absolute Gasteiger partial charge is 0.397 e. The van der Waals surface area contributed by atoms with Crippen LogP contribution in [0.15, 0.2) is 12.4 Å². The van der Waals surface area contributed by atoms with Crippen molar-refractivity contribution in [3.8, 4) is 0 Å². The second kappa shape index (κ2) is 3.34. The van der Waals surface area contributed by atoms with Crippen molar-refractivity contribution in [2.75, 3.05) is 5.73 Å². The van der Waals surface area contributed by atoms with E-state index in [1.165, 1.54) is 0 Å². The van der Waals surface area contributed by atoms with Gasteiger partial charge in [0.05, 0.1) is 23.0 Å². The fourth-order valence-corrected chi connectivity index (χ4v) is 0.927. The molecule has 1 heterocycles. The molecule has 4 nitrogen and oxygen atoms in total. The first-order chi connectivity index (χ1) is 6.04. The molecular formula is C7H7F2N3O. The summed E-state index contributed by atoms with van der Waals surface area (Å²) >= 11 is 0. The Morgan fingerprint density at radius 3 is 2.46 bits per heavy atom. The second-order valence-electron chi connectivity index (χ2n) is 2.35. The molecule has 0 radical (unpaired) electrons. The van der Waals surface area contributed by atoms with Crippen LogP contribution >= 0.6 is 0 Å². The van der Waals surface area contributed by atoms with Gasteiger partial charge in [-0.3, -0.25) is 9.78 Å². The van der Waals surface area contributed by atoms with E-state index >= 15 is 0 Å². The Balaban J connectivity index is 3.34. The third-order valence-corrected chi connectivity index (χ3v) is 1.50. The smallest absolute Gasteiger partial charge is 0.266 e. The molecule has 0 fully saturated rings. The summed E-state index contributed by atoms with van der Waals surface area (Å²) in [6.45, 7) is 0. The van der Waals surface area contributed by atoms with Crippen molar-refractivity contribution in [3.05, 3.63) is 23.5 Å². The van der Waals surface area contributed by atoms with Crippen molar-refractivity contribution >= 4 is 11.6 Å². The molecule has 0 aliphatic rings. The molecule has 0 spiro atoms. The summed E-state index contributed by atoms with van der Waals surface area (Å²) in [5.41, 5.74) is 8.94. The minimum atomic E-state index is -2.83. The standard InChI is InChI=1S/C7H7F2N3O/c8-6(9)5-3(7(11)13)1-12-2-4(5)10/h1-2,6H,10H2,(H2,11,13). The van der Waals surface area contributed by atoms with Gasteiger partial charge < -0.3 is 11.5 Å². The first kappa shape index (κ1) is 9.37. The maximum absolute atomic E-state index is 12.3. The molecule has 0 aliphatic carbocycles. The average molecular weight is 187 g/mol. The Hall–Kier alpha value is -1.72. The summed E-state index contributed by atoms with van der Waals surface area (Å²) in [5, 5.41) is 0. The molecule has 0 atom stereocenters. The summed E-state index contributed by atoms with van der Waals surface area (Å²) in [5.74, 6) is -0.963. The van der Waals surface area contributed by atoms with Gasteiger partial charge in [-0.2, -0.15) is 0 Å². The van der Waals surface area contributed by atoms with Crippen LogP contribution in [0.2, 0.25) is 0 Å². The lowest BCUT2D eigenvalue weighted by Crippen LogP contribution is -2.15. The van der Waals surface area contributed by atoms with E-state index in [1.807, 2.05) is 0 Å². The Morgan fingerprint density at radius 1 is 1.46 bits per heavy atom. The van der Waals surface area contributed by atoms with Crippen LogP contribution in [0.5, 0.6) is 0 Å². The number of alkyl halides is 2. The maximum atomic E-state index is 12.3. The lowest BCUT2D eigenvalue weighted by molar-refractivity contribution is 0.0986. The van der Waals surface area contributed by atoms with Crippen LogP contribution in [0.1, 0.15) is 22.3 Å². The van der Waals surface area contributed by atoms with Gasteiger partial charge in [0, 0.05) is 6.20 Å². The van der Waals surface area contributed by atoms with Gasteiger partial charge >= 0.3 is 0 Å². The van der Waals surface area contributed by atoms with Gasteiger partial charge in [-0.15, -0.1) is 0 Å². The van der Waals surface area contributed by atoms with Crippen LogP contribution in [0.25, 0.3) is 0 Å². The number of carbonyl (C=O) groups excluding carboxylic acids is 1. The number of amides is 1. The summed E-state index contributed by atoms with van der Waals surface area (Å²) in [6, 6.07) is 0. The van der Waals surface area contributed by atoms with E-state index in [1.54, 1.807) is 0 Å². The number of rotatable bonds is 2. The fourth-order valence-electron chi connectivity index (χ4n) is 0.927. The predicted molar refractivity (Wildman–Crippen MR) is 42.1 cm³/mol. The highest BCUT2D eigenvalue weighted by Crippen LogP contribution is 2.27. The number of nitrogens with zero attached hydrogens (tertiary/aromatic N) is 1. The topological polar surface area (TPSA) is 82.0 Å². The van der Waals surface area contributed by atoms with Crippen LogP contribution in [0.4, 0.5) is 14.5 Å². The third-order valence-electron chi connectivity index (χ3n) is 1.50. The van der Waals surface area contributed by atoms with Gasteiger partial charge in [0.2, 0.25) is 0 Å².